The highest BCUT2D eigenvalue weighted by atomic mass is 32.2. The van der Waals surface area contributed by atoms with Crippen molar-refractivity contribution in [3.63, 3.8) is 0 Å². The van der Waals surface area contributed by atoms with Crippen molar-refractivity contribution >= 4 is 23.8 Å². The molecule has 0 fully saturated rings. The lowest BCUT2D eigenvalue weighted by Crippen LogP contribution is -2.43. The van der Waals surface area contributed by atoms with Crippen molar-refractivity contribution in [3.05, 3.63) is 0 Å². The number of aliphatic carboxylic acids is 1. The predicted octanol–water partition coefficient (Wildman–Crippen LogP) is 2.95. The highest BCUT2D eigenvalue weighted by molar-refractivity contribution is 7.99. The molecular formula is C15H30N2O3S. The van der Waals surface area contributed by atoms with E-state index in [9.17, 15) is 9.59 Å². The lowest BCUT2D eigenvalue weighted by atomic mass is 9.94. The molecule has 6 heteroatoms. The van der Waals surface area contributed by atoms with Crippen molar-refractivity contribution < 1.29 is 14.7 Å². The maximum absolute atomic E-state index is 11.8. The van der Waals surface area contributed by atoms with Crippen molar-refractivity contribution in [1.82, 2.24) is 10.6 Å². The lowest BCUT2D eigenvalue weighted by Gasteiger charge is -2.19. The molecule has 0 aliphatic carbocycles. The summed E-state index contributed by atoms with van der Waals surface area (Å²) < 4.78 is 0. The number of hydrogen-bond acceptors (Lipinski definition) is 3. The molecule has 0 aliphatic heterocycles. The van der Waals surface area contributed by atoms with Crippen molar-refractivity contribution in [3.8, 4) is 0 Å². The number of carbonyl (C=O) groups excluding carboxylic acids is 1. The fraction of sp³-hybridized carbons (Fsp3) is 0.867. The van der Waals surface area contributed by atoms with Crippen LogP contribution in [0.25, 0.3) is 0 Å². The minimum atomic E-state index is -0.812. The number of urea groups is 1. The Morgan fingerprint density at radius 1 is 1.24 bits per heavy atom. The highest BCUT2D eigenvalue weighted by Crippen LogP contribution is 2.14. The Morgan fingerprint density at radius 2 is 1.90 bits per heavy atom. The summed E-state index contributed by atoms with van der Waals surface area (Å²) in [5.74, 6) is 1.72. The minimum Gasteiger partial charge on any atom is -0.481 e. The van der Waals surface area contributed by atoms with Crippen LogP contribution < -0.4 is 10.6 Å². The third kappa shape index (κ3) is 12.5. The summed E-state index contributed by atoms with van der Waals surface area (Å²) in [6.07, 6.45) is 1.84. The van der Waals surface area contributed by atoms with Crippen LogP contribution in [-0.4, -0.2) is 41.2 Å². The lowest BCUT2D eigenvalue weighted by molar-refractivity contribution is -0.138. The fourth-order valence-electron chi connectivity index (χ4n) is 2.14. The van der Waals surface area contributed by atoms with Crippen molar-refractivity contribution in [1.29, 1.82) is 0 Å². The van der Waals surface area contributed by atoms with Gasteiger partial charge in [-0.25, -0.2) is 4.79 Å². The number of nitrogens with one attached hydrogen (secondary N) is 2. The number of thioether (sulfide) groups is 1. The van der Waals surface area contributed by atoms with E-state index < -0.39 is 5.97 Å². The van der Waals surface area contributed by atoms with E-state index in [0.717, 1.165) is 24.3 Å². The second-order valence-electron chi connectivity index (χ2n) is 5.83. The molecule has 3 N–H and O–H groups in total. The van der Waals surface area contributed by atoms with Gasteiger partial charge in [0.25, 0.3) is 0 Å². The van der Waals surface area contributed by atoms with Gasteiger partial charge in [0.15, 0.2) is 0 Å². The van der Waals surface area contributed by atoms with Crippen LogP contribution in [0.5, 0.6) is 0 Å². The number of carboxylic acid groups (broad SMARTS) is 1. The molecule has 21 heavy (non-hydrogen) atoms. The van der Waals surface area contributed by atoms with E-state index in [-0.39, 0.29) is 24.4 Å². The molecule has 0 saturated carbocycles. The normalized spacial score (nSPS) is 13.8. The zero-order valence-corrected chi connectivity index (χ0v) is 14.5. The summed E-state index contributed by atoms with van der Waals surface area (Å²) in [5.41, 5.74) is 0. The molecule has 124 valence electrons. The van der Waals surface area contributed by atoms with Gasteiger partial charge in [-0.15, -0.1) is 0 Å². The van der Waals surface area contributed by atoms with E-state index in [1.54, 1.807) is 0 Å². The number of carboxylic acids is 1. The van der Waals surface area contributed by atoms with Crippen LogP contribution in [0.2, 0.25) is 0 Å². The van der Waals surface area contributed by atoms with Gasteiger partial charge in [-0.2, -0.15) is 11.8 Å². The van der Waals surface area contributed by atoms with Crippen LogP contribution in [0.1, 0.15) is 47.0 Å². The molecule has 0 aromatic heterocycles. The molecule has 0 heterocycles. The standard InChI is InChI=1S/C15H30N2O3S/c1-5-21-7-6-12(4)17-15(20)16-10-13(8-11(2)3)9-14(18)19/h11-13H,5-10H2,1-4H3,(H,18,19)(H2,16,17,20). The van der Waals surface area contributed by atoms with Gasteiger partial charge < -0.3 is 15.7 Å². The molecule has 0 spiro atoms. The SMILES string of the molecule is CCSCCC(C)NC(=O)NCC(CC(=O)O)CC(C)C. The third-order valence-corrected chi connectivity index (χ3v) is 4.03. The number of amides is 2. The smallest absolute Gasteiger partial charge is 0.315 e. The van der Waals surface area contributed by atoms with Gasteiger partial charge in [0, 0.05) is 19.0 Å². The van der Waals surface area contributed by atoms with Gasteiger partial charge in [0.1, 0.15) is 0 Å². The molecule has 2 atom stereocenters. The minimum absolute atomic E-state index is 0.0146. The second-order valence-corrected chi connectivity index (χ2v) is 7.23. The Kier molecular flexibility index (Phi) is 11.2. The Hall–Kier alpha value is -0.910. The molecule has 0 aliphatic rings. The molecule has 0 aromatic rings. The first-order valence-electron chi connectivity index (χ1n) is 7.69. The van der Waals surface area contributed by atoms with Gasteiger partial charge in [0.2, 0.25) is 0 Å². The molecule has 0 aromatic carbocycles. The van der Waals surface area contributed by atoms with Crippen LogP contribution in [0, 0.1) is 11.8 Å². The van der Waals surface area contributed by atoms with E-state index in [1.807, 2.05) is 18.7 Å². The van der Waals surface area contributed by atoms with Crippen molar-refractivity contribution in [2.75, 3.05) is 18.1 Å². The number of hydrogen-bond donors (Lipinski definition) is 3. The Balaban J connectivity index is 4.02. The van der Waals surface area contributed by atoms with Crippen LogP contribution in [0.4, 0.5) is 4.79 Å². The number of rotatable bonds is 11. The first kappa shape index (κ1) is 20.1. The average Bonchev–Trinajstić information content (AvgIpc) is 2.35. The Morgan fingerprint density at radius 3 is 2.43 bits per heavy atom. The predicted molar refractivity (Wildman–Crippen MR) is 88.8 cm³/mol. The zero-order chi connectivity index (χ0) is 16.3. The van der Waals surface area contributed by atoms with E-state index in [2.05, 4.69) is 31.4 Å². The van der Waals surface area contributed by atoms with E-state index in [0.29, 0.717) is 12.5 Å². The van der Waals surface area contributed by atoms with Crippen molar-refractivity contribution in [2.45, 2.75) is 53.0 Å². The molecule has 0 radical (unpaired) electrons. The van der Waals surface area contributed by atoms with Crippen LogP contribution in [-0.2, 0) is 4.79 Å². The van der Waals surface area contributed by atoms with E-state index in [4.69, 9.17) is 5.11 Å². The fourth-order valence-corrected chi connectivity index (χ4v) is 2.95. The van der Waals surface area contributed by atoms with Crippen LogP contribution in [0.3, 0.4) is 0 Å². The summed E-state index contributed by atoms with van der Waals surface area (Å²) in [6, 6.07) is -0.0739. The molecule has 2 unspecified atom stereocenters. The summed E-state index contributed by atoms with van der Waals surface area (Å²) >= 11 is 1.86. The van der Waals surface area contributed by atoms with Crippen LogP contribution >= 0.6 is 11.8 Å². The van der Waals surface area contributed by atoms with Gasteiger partial charge >= 0.3 is 12.0 Å². The highest BCUT2D eigenvalue weighted by Gasteiger charge is 2.16. The van der Waals surface area contributed by atoms with Gasteiger partial charge in [0.05, 0.1) is 0 Å². The number of carbonyl (C=O) groups is 2. The summed E-state index contributed by atoms with van der Waals surface area (Å²) in [5, 5.41) is 14.6. The topological polar surface area (TPSA) is 78.4 Å². The summed E-state index contributed by atoms with van der Waals surface area (Å²) in [4.78, 5) is 22.6. The monoisotopic (exact) mass is 318 g/mol. The maximum Gasteiger partial charge on any atom is 0.315 e. The quantitative estimate of drug-likeness (QED) is 0.512. The first-order chi connectivity index (χ1) is 9.85. The Bertz CT molecular complexity index is 311. The molecule has 5 nitrogen and oxygen atoms in total. The molecule has 0 bridgehead atoms. The Labute approximate surface area is 132 Å². The van der Waals surface area contributed by atoms with Gasteiger partial charge in [-0.3, -0.25) is 4.79 Å². The second kappa shape index (κ2) is 11.7. The molecule has 0 rings (SSSR count). The van der Waals surface area contributed by atoms with E-state index in [1.165, 1.54) is 0 Å². The zero-order valence-electron chi connectivity index (χ0n) is 13.6. The molecule has 0 saturated heterocycles. The maximum atomic E-state index is 11.8. The largest absolute Gasteiger partial charge is 0.481 e. The van der Waals surface area contributed by atoms with Gasteiger partial charge in [-0.1, -0.05) is 20.8 Å². The van der Waals surface area contributed by atoms with Crippen molar-refractivity contribution in [2.24, 2.45) is 11.8 Å². The third-order valence-electron chi connectivity index (χ3n) is 3.10. The molecule has 2 amide bonds. The summed E-state index contributed by atoms with van der Waals surface area (Å²) in [7, 11) is 0. The summed E-state index contributed by atoms with van der Waals surface area (Å²) in [6.45, 7) is 8.63. The van der Waals surface area contributed by atoms with E-state index >= 15 is 0 Å². The van der Waals surface area contributed by atoms with Gasteiger partial charge in [-0.05, 0) is 43.1 Å². The molecular weight excluding hydrogens is 288 g/mol. The van der Waals surface area contributed by atoms with Crippen LogP contribution in [0.15, 0.2) is 0 Å². The first-order valence-corrected chi connectivity index (χ1v) is 8.84. The average molecular weight is 318 g/mol.